The Labute approximate surface area is 99.2 Å². The molecule has 2 atom stereocenters. The Balaban J connectivity index is 2.55. The third kappa shape index (κ3) is 3.97. The van der Waals surface area contributed by atoms with Crippen molar-refractivity contribution < 1.29 is 0 Å². The van der Waals surface area contributed by atoms with E-state index in [1.807, 2.05) is 17.9 Å². The molecule has 0 spiro atoms. The SMILES string of the molecule is CCC(NC(C)CC(C)C)c1cnn(C)c1. The van der Waals surface area contributed by atoms with Crippen molar-refractivity contribution in [1.82, 2.24) is 15.1 Å². The van der Waals surface area contributed by atoms with Crippen LogP contribution in [0.25, 0.3) is 0 Å². The molecule has 0 aliphatic heterocycles. The van der Waals surface area contributed by atoms with Gasteiger partial charge in [-0.3, -0.25) is 4.68 Å². The van der Waals surface area contributed by atoms with Gasteiger partial charge in [0.05, 0.1) is 6.20 Å². The number of hydrogen-bond donors (Lipinski definition) is 1. The predicted molar refractivity (Wildman–Crippen MR) is 68.3 cm³/mol. The molecule has 0 saturated carbocycles. The fraction of sp³-hybridized carbons (Fsp3) is 0.769. The monoisotopic (exact) mass is 223 g/mol. The van der Waals surface area contributed by atoms with Crippen molar-refractivity contribution in [3.05, 3.63) is 18.0 Å². The Bertz CT molecular complexity index is 304. The van der Waals surface area contributed by atoms with Crippen LogP contribution in [0.3, 0.4) is 0 Å². The second-order valence-electron chi connectivity index (χ2n) is 5.11. The number of aryl methyl sites for hydroxylation is 1. The maximum atomic E-state index is 4.23. The molecule has 0 radical (unpaired) electrons. The summed E-state index contributed by atoms with van der Waals surface area (Å²) in [6, 6.07) is 0.993. The summed E-state index contributed by atoms with van der Waals surface area (Å²) in [5.41, 5.74) is 1.29. The van der Waals surface area contributed by atoms with E-state index in [1.165, 1.54) is 12.0 Å². The van der Waals surface area contributed by atoms with Crippen LogP contribution in [0.1, 0.15) is 52.1 Å². The third-order valence-electron chi connectivity index (χ3n) is 2.85. The minimum absolute atomic E-state index is 0.433. The van der Waals surface area contributed by atoms with Crippen LogP contribution in [-0.2, 0) is 7.05 Å². The second-order valence-corrected chi connectivity index (χ2v) is 5.11. The molecule has 3 heteroatoms. The first-order chi connectivity index (χ1) is 7.52. The van der Waals surface area contributed by atoms with E-state index in [4.69, 9.17) is 0 Å². The average molecular weight is 223 g/mol. The standard InChI is InChI=1S/C13H25N3/c1-6-13(12-8-14-16(5)9-12)15-11(4)7-10(2)3/h8-11,13,15H,6-7H2,1-5H3. The lowest BCUT2D eigenvalue weighted by Crippen LogP contribution is -2.31. The topological polar surface area (TPSA) is 29.9 Å². The highest BCUT2D eigenvalue weighted by Crippen LogP contribution is 2.17. The van der Waals surface area contributed by atoms with Crippen molar-refractivity contribution in [2.75, 3.05) is 0 Å². The Hall–Kier alpha value is -0.830. The van der Waals surface area contributed by atoms with Crippen molar-refractivity contribution in [1.29, 1.82) is 0 Å². The molecule has 0 saturated heterocycles. The first-order valence-electron chi connectivity index (χ1n) is 6.27. The first-order valence-corrected chi connectivity index (χ1v) is 6.27. The van der Waals surface area contributed by atoms with Gasteiger partial charge in [0.1, 0.15) is 0 Å². The lowest BCUT2D eigenvalue weighted by molar-refractivity contribution is 0.388. The summed E-state index contributed by atoms with van der Waals surface area (Å²) in [6.45, 7) is 9.01. The third-order valence-corrected chi connectivity index (χ3v) is 2.85. The number of nitrogens with zero attached hydrogens (tertiary/aromatic N) is 2. The quantitative estimate of drug-likeness (QED) is 0.803. The van der Waals surface area contributed by atoms with Gasteiger partial charge in [0, 0.05) is 30.9 Å². The number of rotatable bonds is 6. The Morgan fingerprint density at radius 1 is 1.38 bits per heavy atom. The molecule has 1 aromatic heterocycles. The normalized spacial score (nSPS) is 15.4. The van der Waals surface area contributed by atoms with E-state index in [9.17, 15) is 0 Å². The molecule has 0 bridgehead atoms. The number of hydrogen-bond acceptors (Lipinski definition) is 2. The van der Waals surface area contributed by atoms with E-state index in [0.29, 0.717) is 12.1 Å². The van der Waals surface area contributed by atoms with Crippen LogP contribution in [0.2, 0.25) is 0 Å². The molecule has 2 unspecified atom stereocenters. The van der Waals surface area contributed by atoms with E-state index in [-0.39, 0.29) is 0 Å². The number of aromatic nitrogens is 2. The van der Waals surface area contributed by atoms with Crippen LogP contribution < -0.4 is 5.32 Å². The van der Waals surface area contributed by atoms with Crippen molar-refractivity contribution >= 4 is 0 Å². The second kappa shape index (κ2) is 6.04. The zero-order valence-electron chi connectivity index (χ0n) is 11.2. The minimum atomic E-state index is 0.433. The van der Waals surface area contributed by atoms with Gasteiger partial charge in [0.2, 0.25) is 0 Å². The van der Waals surface area contributed by atoms with Gasteiger partial charge in [-0.15, -0.1) is 0 Å². The van der Waals surface area contributed by atoms with Crippen molar-refractivity contribution in [3.8, 4) is 0 Å². The highest BCUT2D eigenvalue weighted by molar-refractivity contribution is 5.10. The summed E-state index contributed by atoms with van der Waals surface area (Å²) in [5.74, 6) is 0.744. The van der Waals surface area contributed by atoms with Gasteiger partial charge in [-0.05, 0) is 25.7 Å². The number of nitrogens with one attached hydrogen (secondary N) is 1. The van der Waals surface area contributed by atoms with E-state index < -0.39 is 0 Å². The molecule has 0 aliphatic rings. The molecular formula is C13H25N3. The summed E-state index contributed by atoms with van der Waals surface area (Å²) < 4.78 is 1.87. The smallest absolute Gasteiger partial charge is 0.0537 e. The summed E-state index contributed by atoms with van der Waals surface area (Å²) in [5, 5.41) is 7.90. The predicted octanol–water partition coefficient (Wildman–Crippen LogP) is 2.90. The van der Waals surface area contributed by atoms with Crippen LogP contribution in [-0.4, -0.2) is 15.8 Å². The van der Waals surface area contributed by atoms with Gasteiger partial charge in [0.15, 0.2) is 0 Å². The van der Waals surface area contributed by atoms with Gasteiger partial charge in [-0.1, -0.05) is 20.8 Å². The van der Waals surface area contributed by atoms with Gasteiger partial charge in [-0.2, -0.15) is 5.10 Å². The van der Waals surface area contributed by atoms with Crippen molar-refractivity contribution in [3.63, 3.8) is 0 Å². The Morgan fingerprint density at radius 2 is 2.06 bits per heavy atom. The van der Waals surface area contributed by atoms with Gasteiger partial charge in [-0.25, -0.2) is 0 Å². The Kier molecular flexibility index (Phi) is 5.00. The molecule has 92 valence electrons. The van der Waals surface area contributed by atoms with E-state index in [0.717, 1.165) is 12.3 Å². The minimum Gasteiger partial charge on any atom is -0.307 e. The van der Waals surface area contributed by atoms with Crippen LogP contribution in [0, 0.1) is 5.92 Å². The molecule has 16 heavy (non-hydrogen) atoms. The van der Waals surface area contributed by atoms with Gasteiger partial charge < -0.3 is 5.32 Å². The molecule has 1 N–H and O–H groups in total. The fourth-order valence-corrected chi connectivity index (χ4v) is 2.19. The van der Waals surface area contributed by atoms with Crippen molar-refractivity contribution in [2.24, 2.45) is 13.0 Å². The van der Waals surface area contributed by atoms with Gasteiger partial charge in [0.25, 0.3) is 0 Å². The van der Waals surface area contributed by atoms with Crippen LogP contribution in [0.15, 0.2) is 12.4 Å². The summed E-state index contributed by atoms with van der Waals surface area (Å²) >= 11 is 0. The maximum Gasteiger partial charge on any atom is 0.0537 e. The molecule has 1 heterocycles. The van der Waals surface area contributed by atoms with E-state index in [2.05, 4.69) is 44.3 Å². The van der Waals surface area contributed by atoms with E-state index >= 15 is 0 Å². The van der Waals surface area contributed by atoms with Crippen LogP contribution in [0.4, 0.5) is 0 Å². The molecule has 3 nitrogen and oxygen atoms in total. The zero-order chi connectivity index (χ0) is 12.1. The molecule has 0 aromatic carbocycles. The first kappa shape index (κ1) is 13.2. The molecule has 1 rings (SSSR count). The van der Waals surface area contributed by atoms with Crippen LogP contribution >= 0.6 is 0 Å². The van der Waals surface area contributed by atoms with Crippen molar-refractivity contribution in [2.45, 2.75) is 52.6 Å². The lowest BCUT2D eigenvalue weighted by atomic mass is 10.0. The lowest BCUT2D eigenvalue weighted by Gasteiger charge is -2.22. The van der Waals surface area contributed by atoms with Gasteiger partial charge >= 0.3 is 0 Å². The van der Waals surface area contributed by atoms with E-state index in [1.54, 1.807) is 0 Å². The molecule has 0 aliphatic carbocycles. The fourth-order valence-electron chi connectivity index (χ4n) is 2.19. The average Bonchev–Trinajstić information content (AvgIpc) is 2.60. The molecular weight excluding hydrogens is 198 g/mol. The highest BCUT2D eigenvalue weighted by atomic mass is 15.2. The van der Waals surface area contributed by atoms with Crippen LogP contribution in [0.5, 0.6) is 0 Å². The highest BCUT2D eigenvalue weighted by Gasteiger charge is 2.14. The molecule has 1 aromatic rings. The largest absolute Gasteiger partial charge is 0.307 e. The molecule has 0 fully saturated rings. The maximum absolute atomic E-state index is 4.23. The summed E-state index contributed by atoms with van der Waals surface area (Å²) in [7, 11) is 1.97. The Morgan fingerprint density at radius 3 is 2.50 bits per heavy atom. The summed E-state index contributed by atoms with van der Waals surface area (Å²) in [6.07, 6.45) is 6.39. The molecule has 0 amide bonds. The zero-order valence-corrected chi connectivity index (χ0v) is 11.2. The summed E-state index contributed by atoms with van der Waals surface area (Å²) in [4.78, 5) is 0.